The summed E-state index contributed by atoms with van der Waals surface area (Å²) in [6, 6.07) is 2.71. The van der Waals surface area contributed by atoms with E-state index in [2.05, 4.69) is 5.32 Å². The minimum atomic E-state index is -0.654. The summed E-state index contributed by atoms with van der Waals surface area (Å²) < 4.78 is 5.13. The third-order valence-electron chi connectivity index (χ3n) is 4.61. The predicted octanol–water partition coefficient (Wildman–Crippen LogP) is 3.24. The van der Waals surface area contributed by atoms with E-state index in [1.165, 1.54) is 0 Å². The number of anilines is 1. The van der Waals surface area contributed by atoms with Gasteiger partial charge in [-0.2, -0.15) is 0 Å². The van der Waals surface area contributed by atoms with Gasteiger partial charge < -0.3 is 15.0 Å². The molecule has 2 amide bonds. The lowest BCUT2D eigenvalue weighted by Crippen LogP contribution is -2.47. The van der Waals surface area contributed by atoms with E-state index in [9.17, 15) is 14.4 Å². The maximum Gasteiger partial charge on any atom is 0.330 e. The van der Waals surface area contributed by atoms with E-state index >= 15 is 0 Å². The zero-order valence-corrected chi connectivity index (χ0v) is 16.6. The number of thioether (sulfide) groups is 1. The van der Waals surface area contributed by atoms with Gasteiger partial charge in [0.05, 0.1) is 20.6 Å². The normalized spacial score (nSPS) is 24.5. The van der Waals surface area contributed by atoms with Crippen molar-refractivity contribution in [1.82, 2.24) is 4.90 Å². The lowest BCUT2D eigenvalue weighted by Gasteiger charge is -2.29. The van der Waals surface area contributed by atoms with Gasteiger partial charge in [0.15, 0.2) is 6.61 Å². The fraction of sp³-hybridized carbons (Fsp3) is 0.471. The first-order valence-corrected chi connectivity index (χ1v) is 9.84. The summed E-state index contributed by atoms with van der Waals surface area (Å²) >= 11 is 13.8. The average Bonchev–Trinajstić information content (AvgIpc) is 3.09. The van der Waals surface area contributed by atoms with E-state index in [1.54, 1.807) is 35.7 Å². The summed E-state index contributed by atoms with van der Waals surface area (Å²) in [5, 5.41) is 3.20. The number of aryl methyl sites for hydroxylation is 1. The highest BCUT2D eigenvalue weighted by Gasteiger charge is 2.53. The standard InChI is InChI=1S/C17H18Cl2N2O4S/c1-9-3-4-10(18)15(14(9)19)20-12(22)7-25-16(24)11-8-26-17(2)6-5-13(23)21(11)17/h3-4,11H,5-8H2,1-2H3,(H,20,22)/t11-,17-/m1/s1. The van der Waals surface area contributed by atoms with Crippen LogP contribution in [0.3, 0.4) is 0 Å². The van der Waals surface area contributed by atoms with Crippen molar-refractivity contribution in [1.29, 1.82) is 0 Å². The second-order valence-electron chi connectivity index (χ2n) is 6.47. The molecule has 26 heavy (non-hydrogen) atoms. The number of hydrogen-bond donors (Lipinski definition) is 1. The van der Waals surface area contributed by atoms with Crippen LogP contribution in [0, 0.1) is 6.92 Å². The molecule has 1 aromatic rings. The first kappa shape index (κ1) is 19.3. The van der Waals surface area contributed by atoms with Gasteiger partial charge in [-0.1, -0.05) is 29.3 Å². The molecule has 0 aromatic heterocycles. The molecule has 2 heterocycles. The molecule has 0 spiro atoms. The highest BCUT2D eigenvalue weighted by molar-refractivity contribution is 8.01. The molecular weight excluding hydrogens is 399 g/mol. The number of esters is 1. The average molecular weight is 417 g/mol. The van der Waals surface area contributed by atoms with E-state index in [0.717, 1.165) is 5.56 Å². The number of ether oxygens (including phenoxy) is 1. The van der Waals surface area contributed by atoms with Crippen molar-refractivity contribution in [3.8, 4) is 0 Å². The summed E-state index contributed by atoms with van der Waals surface area (Å²) in [4.78, 5) is 37.8. The summed E-state index contributed by atoms with van der Waals surface area (Å²) in [6.07, 6.45) is 1.14. The van der Waals surface area contributed by atoms with Crippen LogP contribution in [0.1, 0.15) is 25.3 Å². The summed E-state index contributed by atoms with van der Waals surface area (Å²) in [6.45, 7) is 3.26. The van der Waals surface area contributed by atoms with Crippen LogP contribution in [0.25, 0.3) is 0 Å². The Kier molecular flexibility index (Phi) is 5.42. The van der Waals surface area contributed by atoms with Gasteiger partial charge in [-0.25, -0.2) is 4.79 Å². The lowest BCUT2D eigenvalue weighted by molar-refractivity contribution is -0.155. The van der Waals surface area contributed by atoms with E-state index in [1.807, 2.05) is 6.92 Å². The van der Waals surface area contributed by atoms with Crippen LogP contribution >= 0.6 is 35.0 Å². The van der Waals surface area contributed by atoms with Gasteiger partial charge in [0, 0.05) is 12.2 Å². The first-order chi connectivity index (χ1) is 12.2. The Balaban J connectivity index is 1.59. The van der Waals surface area contributed by atoms with Gasteiger partial charge in [-0.3, -0.25) is 9.59 Å². The zero-order chi connectivity index (χ0) is 19.1. The van der Waals surface area contributed by atoms with Crippen LogP contribution in [-0.4, -0.2) is 46.0 Å². The number of fused-ring (bicyclic) bond motifs is 1. The molecule has 6 nitrogen and oxygen atoms in total. The number of benzene rings is 1. The highest BCUT2D eigenvalue weighted by atomic mass is 35.5. The Hall–Kier alpha value is -1.44. The number of nitrogens with one attached hydrogen (secondary N) is 1. The van der Waals surface area contributed by atoms with Crippen molar-refractivity contribution < 1.29 is 19.1 Å². The minimum Gasteiger partial charge on any atom is -0.454 e. The topological polar surface area (TPSA) is 75.7 Å². The molecule has 2 aliphatic heterocycles. The fourth-order valence-corrected chi connectivity index (χ4v) is 5.06. The number of carbonyl (C=O) groups excluding carboxylic acids is 3. The van der Waals surface area contributed by atoms with E-state index in [0.29, 0.717) is 28.6 Å². The Morgan fingerprint density at radius 3 is 2.88 bits per heavy atom. The third-order valence-corrected chi connectivity index (χ3v) is 6.92. The molecule has 2 fully saturated rings. The lowest BCUT2D eigenvalue weighted by atomic mass is 10.2. The summed E-state index contributed by atoms with van der Waals surface area (Å²) in [7, 11) is 0. The van der Waals surface area contributed by atoms with Crippen LogP contribution in [0.15, 0.2) is 12.1 Å². The predicted molar refractivity (Wildman–Crippen MR) is 102 cm³/mol. The number of amides is 2. The van der Waals surface area contributed by atoms with Gasteiger partial charge in [-0.15, -0.1) is 11.8 Å². The van der Waals surface area contributed by atoms with Crippen LogP contribution < -0.4 is 5.32 Å². The monoisotopic (exact) mass is 416 g/mol. The van der Waals surface area contributed by atoms with Gasteiger partial charge >= 0.3 is 5.97 Å². The van der Waals surface area contributed by atoms with Crippen molar-refractivity contribution in [2.75, 3.05) is 17.7 Å². The number of nitrogens with zero attached hydrogens (tertiary/aromatic N) is 1. The van der Waals surface area contributed by atoms with Crippen molar-refractivity contribution in [2.24, 2.45) is 0 Å². The quantitative estimate of drug-likeness (QED) is 0.762. The Bertz CT molecular complexity index is 788. The highest BCUT2D eigenvalue weighted by Crippen LogP contribution is 2.47. The molecule has 2 atom stereocenters. The van der Waals surface area contributed by atoms with E-state index < -0.39 is 24.5 Å². The second-order valence-corrected chi connectivity index (χ2v) is 8.76. The van der Waals surface area contributed by atoms with Crippen molar-refractivity contribution in [3.05, 3.63) is 27.7 Å². The van der Waals surface area contributed by atoms with Crippen LogP contribution in [0.2, 0.25) is 10.0 Å². The van der Waals surface area contributed by atoms with Crippen LogP contribution in [0.4, 0.5) is 5.69 Å². The van der Waals surface area contributed by atoms with Gasteiger partial charge in [-0.05, 0) is 31.9 Å². The van der Waals surface area contributed by atoms with Gasteiger partial charge in [0.2, 0.25) is 5.91 Å². The SMILES string of the molecule is Cc1ccc(Cl)c(NC(=O)COC(=O)[C@H]2CS[C@]3(C)CCC(=O)N23)c1Cl. The number of rotatable bonds is 4. The van der Waals surface area contributed by atoms with Crippen LogP contribution in [0.5, 0.6) is 0 Å². The second kappa shape index (κ2) is 7.29. The fourth-order valence-electron chi connectivity index (χ4n) is 3.17. The van der Waals surface area contributed by atoms with Gasteiger partial charge in [0.25, 0.3) is 5.91 Å². The maximum atomic E-state index is 12.4. The Morgan fingerprint density at radius 2 is 2.15 bits per heavy atom. The third kappa shape index (κ3) is 3.52. The molecule has 3 rings (SSSR count). The van der Waals surface area contributed by atoms with Crippen molar-refractivity contribution >= 4 is 58.4 Å². The zero-order valence-electron chi connectivity index (χ0n) is 14.3. The number of hydrogen-bond acceptors (Lipinski definition) is 5. The molecule has 9 heteroatoms. The molecule has 2 saturated heterocycles. The molecule has 0 unspecified atom stereocenters. The molecule has 1 N–H and O–H groups in total. The van der Waals surface area contributed by atoms with E-state index in [-0.39, 0.29) is 16.5 Å². The minimum absolute atomic E-state index is 0.0535. The Morgan fingerprint density at radius 1 is 1.42 bits per heavy atom. The van der Waals surface area contributed by atoms with Gasteiger partial charge in [0.1, 0.15) is 6.04 Å². The molecule has 0 aliphatic carbocycles. The number of halogens is 2. The smallest absolute Gasteiger partial charge is 0.330 e. The Labute approximate surface area is 165 Å². The molecular formula is C17H18Cl2N2O4S. The van der Waals surface area contributed by atoms with Crippen molar-refractivity contribution in [2.45, 2.75) is 37.6 Å². The maximum absolute atomic E-state index is 12.4. The first-order valence-electron chi connectivity index (χ1n) is 8.10. The molecule has 140 valence electrons. The molecule has 0 saturated carbocycles. The molecule has 2 aliphatic rings. The number of carbonyl (C=O) groups is 3. The van der Waals surface area contributed by atoms with Crippen molar-refractivity contribution in [3.63, 3.8) is 0 Å². The van der Waals surface area contributed by atoms with Crippen LogP contribution in [-0.2, 0) is 19.1 Å². The van der Waals surface area contributed by atoms with E-state index in [4.69, 9.17) is 27.9 Å². The molecule has 0 radical (unpaired) electrons. The summed E-state index contributed by atoms with van der Waals surface area (Å²) in [5.41, 5.74) is 1.05. The molecule has 0 bridgehead atoms. The summed E-state index contributed by atoms with van der Waals surface area (Å²) in [5.74, 6) is -0.706. The largest absolute Gasteiger partial charge is 0.454 e. The molecule has 1 aromatic carbocycles.